The smallest absolute Gasteiger partial charge is 0.326 e. The number of carbonyl (C=O) groups excluding carboxylic acids is 3. The maximum atomic E-state index is 13.1. The summed E-state index contributed by atoms with van der Waals surface area (Å²) < 4.78 is 5.52. The summed E-state index contributed by atoms with van der Waals surface area (Å²) in [6.45, 7) is 1.99. The van der Waals surface area contributed by atoms with Crippen LogP contribution in [0.15, 0.2) is 66.7 Å². The Morgan fingerprint density at radius 1 is 1.05 bits per heavy atom. The lowest BCUT2D eigenvalue weighted by molar-refractivity contribution is -0.137. The molecular weight excluding hydrogens is 524 g/mol. The number of carboxylic acids is 1. The van der Waals surface area contributed by atoms with Gasteiger partial charge in [0, 0.05) is 38.3 Å². The van der Waals surface area contributed by atoms with Gasteiger partial charge >= 0.3 is 12.0 Å². The molecule has 0 bridgehead atoms. The number of rotatable bonds is 10. The van der Waals surface area contributed by atoms with Gasteiger partial charge < -0.3 is 25.4 Å². The molecule has 1 heterocycles. The highest BCUT2D eigenvalue weighted by atomic mass is 16.5. The largest absolute Gasteiger partial charge is 0.495 e. The van der Waals surface area contributed by atoms with Gasteiger partial charge in [-0.2, -0.15) is 0 Å². The van der Waals surface area contributed by atoms with Gasteiger partial charge in [0.1, 0.15) is 5.75 Å². The summed E-state index contributed by atoms with van der Waals surface area (Å²) in [5.41, 5.74) is 4.67. The Morgan fingerprint density at radius 2 is 1.78 bits per heavy atom. The molecule has 10 heteroatoms. The number of ether oxygens (including phenoxy) is 1. The number of carbonyl (C=O) groups is 4. The number of urea groups is 1. The molecule has 0 fully saturated rings. The maximum Gasteiger partial charge on any atom is 0.326 e. The molecule has 10 nitrogen and oxygen atoms in total. The molecule has 0 spiro atoms. The topological polar surface area (TPSA) is 128 Å². The van der Waals surface area contributed by atoms with Crippen LogP contribution in [0, 0.1) is 0 Å². The third-order valence-electron chi connectivity index (χ3n) is 7.08. The number of fused-ring (bicyclic) bond motifs is 1. The van der Waals surface area contributed by atoms with E-state index in [1.807, 2.05) is 24.3 Å². The molecule has 1 unspecified atom stereocenters. The lowest BCUT2D eigenvalue weighted by Gasteiger charge is -2.21. The standard InChI is InChI=1S/C31H34N4O6/c1-20(36)32-25(14-15-30(38)39)22-9-11-24(12-10-22)34(2)29(37)19-21-8-13-26(28(18-21)41-3)33-31(40)35-17-16-23-6-4-5-7-27(23)35/h4-13,18,25H,14-17,19H2,1-3H3,(H,32,36)(H,33,40)(H,38,39). The Balaban J connectivity index is 1.40. The van der Waals surface area contributed by atoms with Crippen molar-refractivity contribution in [1.29, 1.82) is 0 Å². The number of anilines is 3. The second kappa shape index (κ2) is 13.0. The Bertz CT molecular complexity index is 1440. The molecule has 0 aromatic heterocycles. The van der Waals surface area contributed by atoms with Crippen LogP contribution in [0.1, 0.15) is 42.5 Å². The van der Waals surface area contributed by atoms with Crippen LogP contribution < -0.4 is 25.2 Å². The number of benzene rings is 3. The van der Waals surface area contributed by atoms with Crippen LogP contribution in [-0.4, -0.2) is 49.6 Å². The van der Waals surface area contributed by atoms with Crippen LogP contribution in [0.25, 0.3) is 0 Å². The van der Waals surface area contributed by atoms with E-state index in [2.05, 4.69) is 10.6 Å². The van der Waals surface area contributed by atoms with Crippen molar-refractivity contribution in [3.05, 3.63) is 83.4 Å². The molecule has 41 heavy (non-hydrogen) atoms. The average Bonchev–Trinajstić information content (AvgIpc) is 3.40. The van der Waals surface area contributed by atoms with Crippen molar-refractivity contribution in [2.75, 3.05) is 35.8 Å². The van der Waals surface area contributed by atoms with Gasteiger partial charge in [0.25, 0.3) is 0 Å². The number of carboxylic acid groups (broad SMARTS) is 1. The second-order valence-electron chi connectivity index (χ2n) is 9.90. The van der Waals surface area contributed by atoms with E-state index in [1.54, 1.807) is 54.4 Å². The van der Waals surface area contributed by atoms with Gasteiger partial charge in [0.05, 0.1) is 25.3 Å². The second-order valence-corrected chi connectivity index (χ2v) is 9.90. The third-order valence-corrected chi connectivity index (χ3v) is 7.08. The van der Waals surface area contributed by atoms with Gasteiger partial charge in [-0.25, -0.2) is 4.79 Å². The minimum Gasteiger partial charge on any atom is -0.495 e. The van der Waals surface area contributed by atoms with Crippen molar-refractivity contribution >= 4 is 40.9 Å². The fraction of sp³-hybridized carbons (Fsp3) is 0.290. The number of amides is 4. The lowest BCUT2D eigenvalue weighted by atomic mass is 10.0. The van der Waals surface area contributed by atoms with Crippen LogP contribution in [0.3, 0.4) is 0 Å². The molecule has 1 aliphatic rings. The van der Waals surface area contributed by atoms with E-state index in [0.29, 0.717) is 23.7 Å². The predicted molar refractivity (Wildman–Crippen MR) is 156 cm³/mol. The minimum absolute atomic E-state index is 0.0801. The zero-order valence-electron chi connectivity index (χ0n) is 23.3. The van der Waals surface area contributed by atoms with E-state index < -0.39 is 12.0 Å². The quantitative estimate of drug-likeness (QED) is 0.335. The van der Waals surface area contributed by atoms with E-state index in [0.717, 1.165) is 28.8 Å². The van der Waals surface area contributed by atoms with Gasteiger partial charge in [-0.3, -0.25) is 19.3 Å². The molecule has 4 amide bonds. The van der Waals surface area contributed by atoms with E-state index in [1.165, 1.54) is 18.9 Å². The Hall–Kier alpha value is -4.86. The minimum atomic E-state index is -0.938. The molecule has 3 aromatic carbocycles. The molecule has 3 N–H and O–H groups in total. The monoisotopic (exact) mass is 558 g/mol. The Labute approximate surface area is 238 Å². The first-order chi connectivity index (χ1) is 19.7. The molecule has 0 radical (unpaired) electrons. The molecule has 0 saturated heterocycles. The fourth-order valence-corrected chi connectivity index (χ4v) is 4.88. The number of methoxy groups -OCH3 is 1. The first-order valence-electron chi connectivity index (χ1n) is 13.3. The first kappa shape index (κ1) is 29.1. The van der Waals surface area contributed by atoms with Crippen LogP contribution in [0.5, 0.6) is 5.75 Å². The summed E-state index contributed by atoms with van der Waals surface area (Å²) >= 11 is 0. The van der Waals surface area contributed by atoms with Crippen molar-refractivity contribution in [3.8, 4) is 5.75 Å². The SMILES string of the molecule is COc1cc(CC(=O)N(C)c2ccc(C(CCC(=O)O)NC(C)=O)cc2)ccc1NC(=O)N1CCc2ccccc21. The summed E-state index contributed by atoms with van der Waals surface area (Å²) in [4.78, 5) is 51.9. The summed E-state index contributed by atoms with van der Waals surface area (Å²) in [6.07, 6.45) is 1.09. The predicted octanol–water partition coefficient (Wildman–Crippen LogP) is 4.54. The highest BCUT2D eigenvalue weighted by molar-refractivity contribution is 6.04. The molecule has 4 rings (SSSR count). The number of para-hydroxylation sites is 1. The molecule has 214 valence electrons. The number of hydrogen-bond acceptors (Lipinski definition) is 5. The molecule has 3 aromatic rings. The summed E-state index contributed by atoms with van der Waals surface area (Å²) in [6, 6.07) is 19.5. The third kappa shape index (κ3) is 7.21. The Morgan fingerprint density at radius 3 is 2.46 bits per heavy atom. The zero-order chi connectivity index (χ0) is 29.5. The average molecular weight is 559 g/mol. The van der Waals surface area contributed by atoms with E-state index >= 15 is 0 Å². The fourth-order valence-electron chi connectivity index (χ4n) is 4.88. The number of likely N-dealkylation sites (N-methyl/N-ethyl adjacent to an activating group) is 1. The van der Waals surface area contributed by atoms with Crippen molar-refractivity contribution in [1.82, 2.24) is 5.32 Å². The van der Waals surface area contributed by atoms with Crippen LogP contribution in [-0.2, 0) is 27.2 Å². The van der Waals surface area contributed by atoms with Crippen molar-refractivity contribution in [3.63, 3.8) is 0 Å². The van der Waals surface area contributed by atoms with Crippen LogP contribution >= 0.6 is 0 Å². The van der Waals surface area contributed by atoms with Crippen molar-refractivity contribution in [2.45, 2.75) is 38.6 Å². The normalized spacial score (nSPS) is 12.7. The van der Waals surface area contributed by atoms with E-state index in [-0.39, 0.29) is 37.1 Å². The Kier molecular flexibility index (Phi) is 9.23. The van der Waals surface area contributed by atoms with Gasteiger partial charge in [-0.1, -0.05) is 36.4 Å². The molecule has 0 saturated carbocycles. The maximum absolute atomic E-state index is 13.1. The number of hydrogen-bond donors (Lipinski definition) is 3. The number of aliphatic carboxylic acids is 1. The van der Waals surface area contributed by atoms with Crippen molar-refractivity contribution < 1.29 is 29.0 Å². The first-order valence-corrected chi connectivity index (χ1v) is 13.3. The summed E-state index contributed by atoms with van der Waals surface area (Å²) in [7, 11) is 3.19. The molecule has 0 aliphatic carbocycles. The molecule has 1 atom stereocenters. The number of nitrogens with zero attached hydrogens (tertiary/aromatic N) is 2. The summed E-state index contributed by atoms with van der Waals surface area (Å²) in [5.74, 6) is -0.895. The van der Waals surface area contributed by atoms with Crippen molar-refractivity contribution in [2.24, 2.45) is 0 Å². The van der Waals surface area contributed by atoms with Crippen LogP contribution in [0.4, 0.5) is 21.9 Å². The van der Waals surface area contributed by atoms with E-state index in [4.69, 9.17) is 9.84 Å². The van der Waals surface area contributed by atoms with E-state index in [9.17, 15) is 19.2 Å². The van der Waals surface area contributed by atoms with Gasteiger partial charge in [0.15, 0.2) is 0 Å². The summed E-state index contributed by atoms with van der Waals surface area (Å²) in [5, 5.41) is 14.7. The van der Waals surface area contributed by atoms with Gasteiger partial charge in [-0.15, -0.1) is 0 Å². The zero-order valence-corrected chi connectivity index (χ0v) is 23.3. The highest BCUT2D eigenvalue weighted by Crippen LogP contribution is 2.31. The molecular formula is C31H34N4O6. The number of nitrogens with one attached hydrogen (secondary N) is 2. The molecule has 1 aliphatic heterocycles. The highest BCUT2D eigenvalue weighted by Gasteiger charge is 2.25. The lowest BCUT2D eigenvalue weighted by Crippen LogP contribution is -2.33. The van der Waals surface area contributed by atoms with Gasteiger partial charge in [0.2, 0.25) is 11.8 Å². The van der Waals surface area contributed by atoms with Gasteiger partial charge in [-0.05, 0) is 59.9 Å². The van der Waals surface area contributed by atoms with Crippen LogP contribution in [0.2, 0.25) is 0 Å².